The Morgan fingerprint density at radius 3 is 2.44 bits per heavy atom. The number of rotatable bonds is 2. The molecule has 0 aromatic carbocycles. The molecule has 0 aliphatic carbocycles. The van der Waals surface area contributed by atoms with Gasteiger partial charge in [-0.2, -0.15) is 0 Å². The summed E-state index contributed by atoms with van der Waals surface area (Å²) in [6.45, 7) is 4.12. The van der Waals surface area contributed by atoms with E-state index in [4.69, 9.17) is 6.42 Å². The van der Waals surface area contributed by atoms with Crippen LogP contribution in [0.2, 0.25) is 0 Å². The van der Waals surface area contributed by atoms with Crippen LogP contribution in [-0.4, -0.2) is 0 Å². The first-order chi connectivity index (χ1) is 3.77. The molecule has 0 saturated heterocycles. The van der Waals surface area contributed by atoms with E-state index in [0.29, 0.717) is 0 Å². The minimum Gasteiger partial charge on any atom is -0.694 e. The standard InChI is InChI=1S/C8H11.Li/c1-4-5-6-7-8(2)3;/h7H,5-6H2,2-3H3;/q-1;+1. The molecule has 1 heteroatoms. The van der Waals surface area contributed by atoms with Gasteiger partial charge in [0.05, 0.1) is 0 Å². The van der Waals surface area contributed by atoms with E-state index in [0.717, 1.165) is 12.8 Å². The van der Waals surface area contributed by atoms with Crippen molar-refractivity contribution < 1.29 is 18.9 Å². The van der Waals surface area contributed by atoms with Gasteiger partial charge in [-0.05, 0) is 26.7 Å². The number of allylic oxidation sites excluding steroid dienone is 2. The van der Waals surface area contributed by atoms with Gasteiger partial charge in [-0.25, -0.2) is 0 Å². The summed E-state index contributed by atoms with van der Waals surface area (Å²) in [5.74, 6) is 2.33. The van der Waals surface area contributed by atoms with E-state index in [9.17, 15) is 0 Å². The van der Waals surface area contributed by atoms with Crippen molar-refractivity contribution in [1.29, 1.82) is 0 Å². The average molecular weight is 114 g/mol. The van der Waals surface area contributed by atoms with Crippen molar-refractivity contribution in [3.63, 3.8) is 0 Å². The molecule has 0 saturated carbocycles. The Morgan fingerprint density at radius 1 is 1.56 bits per heavy atom. The summed E-state index contributed by atoms with van der Waals surface area (Å²) >= 11 is 0. The molecule has 0 atom stereocenters. The second kappa shape index (κ2) is 7.90. The van der Waals surface area contributed by atoms with Crippen LogP contribution < -0.4 is 18.9 Å². The third-order valence-electron chi connectivity index (χ3n) is 0.822. The predicted molar refractivity (Wildman–Crippen MR) is 35.8 cm³/mol. The zero-order valence-corrected chi connectivity index (χ0v) is 6.49. The maximum absolute atomic E-state index is 6.57. The third kappa shape index (κ3) is 11.5. The van der Waals surface area contributed by atoms with Crippen LogP contribution in [0.4, 0.5) is 0 Å². The molecule has 0 fully saturated rings. The van der Waals surface area contributed by atoms with E-state index in [1.807, 2.05) is 0 Å². The van der Waals surface area contributed by atoms with Gasteiger partial charge >= 0.3 is 18.9 Å². The summed E-state index contributed by atoms with van der Waals surface area (Å²) in [5, 5.41) is 0. The molecule has 0 radical (unpaired) electrons. The first kappa shape index (κ1) is 11.7. The van der Waals surface area contributed by atoms with Crippen molar-refractivity contribution in [1.82, 2.24) is 0 Å². The van der Waals surface area contributed by atoms with Crippen LogP contribution in [-0.2, 0) is 0 Å². The summed E-state index contributed by atoms with van der Waals surface area (Å²) in [6.07, 6.45) is 10.4. The first-order valence-electron chi connectivity index (χ1n) is 2.80. The largest absolute Gasteiger partial charge is 1.00 e. The summed E-state index contributed by atoms with van der Waals surface area (Å²) in [7, 11) is 0. The van der Waals surface area contributed by atoms with Crippen LogP contribution in [0.5, 0.6) is 0 Å². The van der Waals surface area contributed by atoms with Crippen molar-refractivity contribution in [3.8, 4) is 5.92 Å². The Balaban J connectivity index is 0. The van der Waals surface area contributed by atoms with Gasteiger partial charge in [-0.3, -0.25) is 0 Å². The molecule has 0 rings (SSSR count). The van der Waals surface area contributed by atoms with E-state index >= 15 is 0 Å². The van der Waals surface area contributed by atoms with Gasteiger partial charge in [-0.1, -0.05) is 11.6 Å². The number of hydrogen-bond donors (Lipinski definition) is 0. The molecule has 9 heavy (non-hydrogen) atoms. The maximum Gasteiger partial charge on any atom is 1.00 e. The van der Waals surface area contributed by atoms with Gasteiger partial charge < -0.3 is 12.3 Å². The fraction of sp³-hybridized carbons (Fsp3) is 0.500. The molecule has 0 N–H and O–H groups in total. The van der Waals surface area contributed by atoms with Crippen LogP contribution in [0, 0.1) is 12.3 Å². The van der Waals surface area contributed by atoms with E-state index in [1.54, 1.807) is 0 Å². The molecular weight excluding hydrogens is 103 g/mol. The van der Waals surface area contributed by atoms with Crippen LogP contribution in [0.3, 0.4) is 0 Å². The molecule has 0 aromatic rings. The Labute approximate surface area is 69.9 Å². The van der Waals surface area contributed by atoms with Crippen molar-refractivity contribution in [3.05, 3.63) is 18.1 Å². The van der Waals surface area contributed by atoms with Gasteiger partial charge in [0.2, 0.25) is 0 Å². The van der Waals surface area contributed by atoms with Crippen molar-refractivity contribution in [2.45, 2.75) is 26.7 Å². The molecule has 0 amide bonds. The van der Waals surface area contributed by atoms with Gasteiger partial charge in [0, 0.05) is 0 Å². The zero-order valence-electron chi connectivity index (χ0n) is 6.49. The van der Waals surface area contributed by atoms with E-state index in [1.165, 1.54) is 5.57 Å². The average Bonchev–Trinajstić information content (AvgIpc) is 1.66. The fourth-order valence-electron chi connectivity index (χ4n) is 0.433. The topological polar surface area (TPSA) is 0 Å². The summed E-state index contributed by atoms with van der Waals surface area (Å²) in [6, 6.07) is 0. The quantitative estimate of drug-likeness (QED) is 0.147. The minimum absolute atomic E-state index is 0. The normalized spacial score (nSPS) is 6.78. The zero-order chi connectivity index (χ0) is 6.41. The van der Waals surface area contributed by atoms with Gasteiger partial charge in [0.1, 0.15) is 0 Å². The Hall–Kier alpha value is -0.103. The Morgan fingerprint density at radius 2 is 2.11 bits per heavy atom. The SMILES string of the molecule is [C-]#CCCC=C(C)C.[Li+]. The van der Waals surface area contributed by atoms with Crippen LogP contribution >= 0.6 is 0 Å². The second-order valence-corrected chi connectivity index (χ2v) is 2.00. The number of hydrogen-bond acceptors (Lipinski definition) is 0. The molecule has 0 aliphatic heterocycles. The van der Waals surface area contributed by atoms with Crippen molar-refractivity contribution in [2.24, 2.45) is 0 Å². The van der Waals surface area contributed by atoms with Crippen molar-refractivity contribution in [2.75, 3.05) is 0 Å². The summed E-state index contributed by atoms with van der Waals surface area (Å²) in [4.78, 5) is 0. The minimum atomic E-state index is 0. The maximum atomic E-state index is 6.57. The molecule has 0 aromatic heterocycles. The van der Waals surface area contributed by atoms with Crippen LogP contribution in [0.15, 0.2) is 11.6 Å². The third-order valence-corrected chi connectivity index (χ3v) is 0.822. The van der Waals surface area contributed by atoms with Gasteiger partial charge in [-0.15, -0.1) is 0 Å². The molecule has 0 unspecified atom stereocenters. The predicted octanol–water partition coefficient (Wildman–Crippen LogP) is -0.673. The van der Waals surface area contributed by atoms with Crippen LogP contribution in [0.1, 0.15) is 26.7 Å². The smallest absolute Gasteiger partial charge is 0.694 e. The molecule has 0 spiro atoms. The molecule has 44 valence electrons. The molecule has 0 aliphatic rings. The van der Waals surface area contributed by atoms with Gasteiger partial charge in [0.25, 0.3) is 0 Å². The Bertz CT molecular complexity index is 113. The van der Waals surface area contributed by atoms with Crippen LogP contribution in [0.25, 0.3) is 0 Å². The van der Waals surface area contributed by atoms with E-state index in [2.05, 4.69) is 25.8 Å². The summed E-state index contributed by atoms with van der Waals surface area (Å²) < 4.78 is 0. The van der Waals surface area contributed by atoms with Gasteiger partial charge in [0.15, 0.2) is 0 Å². The second-order valence-electron chi connectivity index (χ2n) is 2.00. The molecule has 0 nitrogen and oxygen atoms in total. The number of unbranched alkanes of at least 4 members (excludes halogenated alkanes) is 1. The van der Waals surface area contributed by atoms with E-state index in [-0.39, 0.29) is 18.9 Å². The fourth-order valence-corrected chi connectivity index (χ4v) is 0.433. The molecule has 0 bridgehead atoms. The van der Waals surface area contributed by atoms with E-state index < -0.39 is 0 Å². The monoisotopic (exact) mass is 114 g/mol. The first-order valence-corrected chi connectivity index (χ1v) is 2.80. The molecule has 0 heterocycles. The van der Waals surface area contributed by atoms with Crippen molar-refractivity contribution >= 4 is 0 Å². The Kier molecular flexibility index (Phi) is 10.2. The summed E-state index contributed by atoms with van der Waals surface area (Å²) in [5.41, 5.74) is 1.32. The molecular formula is C8H11Li.